The summed E-state index contributed by atoms with van der Waals surface area (Å²) in [6.07, 6.45) is 1.94. The fourth-order valence-corrected chi connectivity index (χ4v) is 2.26. The number of aryl methyl sites for hydroxylation is 2. The molecular weight excluding hydrogens is 276 g/mol. The Balaban J connectivity index is 2.01. The number of imidazole rings is 1. The molecule has 0 atom stereocenters. The number of carbonyl (C=O) groups is 1. The fraction of sp³-hybridized carbons (Fsp3) is 0.176. The highest BCUT2D eigenvalue weighted by Gasteiger charge is 2.08. The summed E-state index contributed by atoms with van der Waals surface area (Å²) in [6.45, 7) is 5.47. The van der Waals surface area contributed by atoms with E-state index in [2.05, 4.69) is 15.2 Å². The highest BCUT2D eigenvalue weighted by molar-refractivity contribution is 5.94. The zero-order chi connectivity index (χ0) is 15.7. The first kappa shape index (κ1) is 14.1. The van der Waals surface area contributed by atoms with Crippen LogP contribution >= 0.6 is 0 Å². The molecule has 22 heavy (non-hydrogen) atoms. The molecule has 5 heteroatoms. The molecule has 0 aliphatic rings. The quantitative estimate of drug-likeness (QED) is 0.524. The molecular formula is C17H16N4O. The van der Waals surface area contributed by atoms with Gasteiger partial charge < -0.3 is 0 Å². The van der Waals surface area contributed by atoms with E-state index in [1.165, 1.54) is 6.92 Å². The Morgan fingerprint density at radius 3 is 2.73 bits per heavy atom. The third-order valence-corrected chi connectivity index (χ3v) is 3.44. The number of Topliss-reactive ketones (excluding diaryl/α,β-unsaturated/α-hetero) is 1. The van der Waals surface area contributed by atoms with E-state index in [9.17, 15) is 4.79 Å². The second-order valence-corrected chi connectivity index (χ2v) is 5.26. The number of hydrogen-bond donors (Lipinski definition) is 0. The molecule has 3 rings (SSSR count). The van der Waals surface area contributed by atoms with Crippen LogP contribution in [0, 0.1) is 13.8 Å². The van der Waals surface area contributed by atoms with Crippen molar-refractivity contribution in [2.75, 3.05) is 0 Å². The van der Waals surface area contributed by atoms with Crippen LogP contribution in [0.4, 0.5) is 11.5 Å². The fourth-order valence-electron chi connectivity index (χ4n) is 2.26. The van der Waals surface area contributed by atoms with Gasteiger partial charge in [0.2, 0.25) is 0 Å². The molecule has 110 valence electrons. The number of aromatic nitrogens is 2. The number of azo groups is 1. The molecule has 0 saturated heterocycles. The third kappa shape index (κ3) is 2.65. The number of nitrogens with zero attached hydrogens (tertiary/aromatic N) is 4. The zero-order valence-corrected chi connectivity index (χ0v) is 12.7. The van der Waals surface area contributed by atoms with Crippen LogP contribution in [0.25, 0.3) is 5.65 Å². The summed E-state index contributed by atoms with van der Waals surface area (Å²) in [4.78, 5) is 15.9. The molecule has 0 aliphatic heterocycles. The number of ketones is 1. The summed E-state index contributed by atoms with van der Waals surface area (Å²) in [7, 11) is 0. The Morgan fingerprint density at radius 1 is 1.14 bits per heavy atom. The topological polar surface area (TPSA) is 59.1 Å². The molecule has 0 fully saturated rings. The van der Waals surface area contributed by atoms with Gasteiger partial charge in [0.15, 0.2) is 11.6 Å². The largest absolute Gasteiger partial charge is 0.295 e. The van der Waals surface area contributed by atoms with Gasteiger partial charge in [0.25, 0.3) is 0 Å². The molecule has 0 amide bonds. The maximum atomic E-state index is 11.4. The predicted molar refractivity (Wildman–Crippen MR) is 85.3 cm³/mol. The Hall–Kier alpha value is -2.82. The minimum Gasteiger partial charge on any atom is -0.295 e. The molecule has 5 nitrogen and oxygen atoms in total. The Labute approximate surface area is 128 Å². The van der Waals surface area contributed by atoms with Crippen LogP contribution in [0.5, 0.6) is 0 Å². The second-order valence-electron chi connectivity index (χ2n) is 5.26. The van der Waals surface area contributed by atoms with Crippen LogP contribution in [0.3, 0.4) is 0 Å². The Bertz CT molecular complexity index is 893. The van der Waals surface area contributed by atoms with Gasteiger partial charge in [-0.25, -0.2) is 4.98 Å². The number of carbonyl (C=O) groups excluding carboxylic acids is 1. The SMILES string of the molecule is CC(=O)c1cccc(N=Nc2c(C)nc3cc(C)ccn23)c1. The van der Waals surface area contributed by atoms with E-state index >= 15 is 0 Å². The maximum absolute atomic E-state index is 11.4. The first-order valence-electron chi connectivity index (χ1n) is 7.02. The van der Waals surface area contributed by atoms with Crippen LogP contribution in [0.1, 0.15) is 28.5 Å². The van der Waals surface area contributed by atoms with Crippen LogP contribution < -0.4 is 0 Å². The van der Waals surface area contributed by atoms with Gasteiger partial charge in [-0.1, -0.05) is 12.1 Å². The van der Waals surface area contributed by atoms with E-state index < -0.39 is 0 Å². The first-order valence-corrected chi connectivity index (χ1v) is 7.02. The molecule has 1 aromatic carbocycles. The normalized spacial score (nSPS) is 11.4. The number of rotatable bonds is 3. The van der Waals surface area contributed by atoms with Crippen LogP contribution in [0.2, 0.25) is 0 Å². The second kappa shape index (κ2) is 5.52. The van der Waals surface area contributed by atoms with Gasteiger partial charge >= 0.3 is 0 Å². The van der Waals surface area contributed by atoms with Crippen molar-refractivity contribution in [3.8, 4) is 0 Å². The maximum Gasteiger partial charge on any atom is 0.182 e. The van der Waals surface area contributed by atoms with Gasteiger partial charge in [-0.15, -0.1) is 10.2 Å². The number of fused-ring (bicyclic) bond motifs is 1. The van der Waals surface area contributed by atoms with E-state index in [-0.39, 0.29) is 5.78 Å². The standard InChI is InChI=1S/C17H16N4O/c1-11-7-8-21-16(9-11)18-12(2)17(21)20-19-15-6-4-5-14(10-15)13(3)22/h4-10H,1-3H3. The van der Waals surface area contributed by atoms with Crippen molar-refractivity contribution in [2.45, 2.75) is 20.8 Å². The van der Waals surface area contributed by atoms with Crippen LogP contribution in [-0.2, 0) is 0 Å². The Morgan fingerprint density at radius 2 is 1.95 bits per heavy atom. The lowest BCUT2D eigenvalue weighted by atomic mass is 10.1. The van der Waals surface area contributed by atoms with Gasteiger partial charge in [-0.05, 0) is 50.6 Å². The average Bonchev–Trinajstić information content (AvgIpc) is 2.80. The summed E-state index contributed by atoms with van der Waals surface area (Å²) in [5.74, 6) is 0.710. The number of hydrogen-bond acceptors (Lipinski definition) is 4. The molecule has 3 aromatic rings. The van der Waals surface area contributed by atoms with Crippen molar-refractivity contribution in [3.63, 3.8) is 0 Å². The average molecular weight is 292 g/mol. The van der Waals surface area contributed by atoms with Gasteiger partial charge in [-0.2, -0.15) is 0 Å². The summed E-state index contributed by atoms with van der Waals surface area (Å²) < 4.78 is 1.90. The van der Waals surface area contributed by atoms with Gasteiger partial charge in [-0.3, -0.25) is 9.20 Å². The highest BCUT2D eigenvalue weighted by atomic mass is 16.1. The van der Waals surface area contributed by atoms with E-state index in [0.717, 1.165) is 16.9 Å². The van der Waals surface area contributed by atoms with Crippen molar-refractivity contribution >= 4 is 22.9 Å². The molecule has 0 N–H and O–H groups in total. The third-order valence-electron chi connectivity index (χ3n) is 3.44. The van der Waals surface area contributed by atoms with Crippen molar-refractivity contribution in [1.29, 1.82) is 0 Å². The monoisotopic (exact) mass is 292 g/mol. The zero-order valence-electron chi connectivity index (χ0n) is 12.7. The molecule has 0 bridgehead atoms. The summed E-state index contributed by atoms with van der Waals surface area (Å²) in [5, 5.41) is 8.55. The van der Waals surface area contributed by atoms with Gasteiger partial charge in [0.05, 0.1) is 11.4 Å². The first-order chi connectivity index (χ1) is 10.5. The van der Waals surface area contributed by atoms with Crippen molar-refractivity contribution in [3.05, 3.63) is 59.4 Å². The van der Waals surface area contributed by atoms with Crippen molar-refractivity contribution < 1.29 is 4.79 Å². The Kier molecular flexibility index (Phi) is 3.55. The van der Waals surface area contributed by atoms with Crippen LogP contribution in [-0.4, -0.2) is 15.2 Å². The molecule has 2 heterocycles. The van der Waals surface area contributed by atoms with Gasteiger partial charge in [0, 0.05) is 11.8 Å². The number of benzene rings is 1. The van der Waals surface area contributed by atoms with Crippen molar-refractivity contribution in [1.82, 2.24) is 9.38 Å². The lowest BCUT2D eigenvalue weighted by Crippen LogP contribution is -1.89. The smallest absolute Gasteiger partial charge is 0.182 e. The van der Waals surface area contributed by atoms with E-state index in [1.54, 1.807) is 18.2 Å². The minimum absolute atomic E-state index is 0.0125. The van der Waals surface area contributed by atoms with E-state index in [0.29, 0.717) is 17.1 Å². The van der Waals surface area contributed by atoms with Gasteiger partial charge in [0.1, 0.15) is 5.65 Å². The highest BCUT2D eigenvalue weighted by Crippen LogP contribution is 2.24. The summed E-state index contributed by atoms with van der Waals surface area (Å²) >= 11 is 0. The molecule has 2 aromatic heterocycles. The van der Waals surface area contributed by atoms with E-state index in [1.807, 2.05) is 42.6 Å². The lowest BCUT2D eigenvalue weighted by Gasteiger charge is -1.98. The van der Waals surface area contributed by atoms with Crippen LogP contribution in [0.15, 0.2) is 52.8 Å². The van der Waals surface area contributed by atoms with E-state index in [4.69, 9.17) is 0 Å². The molecule has 0 radical (unpaired) electrons. The lowest BCUT2D eigenvalue weighted by molar-refractivity contribution is 0.101. The van der Waals surface area contributed by atoms with Crippen molar-refractivity contribution in [2.24, 2.45) is 10.2 Å². The molecule has 0 saturated carbocycles. The summed E-state index contributed by atoms with van der Waals surface area (Å²) in [5.41, 5.74) is 4.09. The molecule has 0 aliphatic carbocycles. The summed E-state index contributed by atoms with van der Waals surface area (Å²) in [6, 6.07) is 11.1. The molecule has 0 unspecified atom stereocenters. The minimum atomic E-state index is 0.0125. The predicted octanol–water partition coefficient (Wildman–Crippen LogP) is 4.57. The number of pyridine rings is 1. The molecule has 0 spiro atoms.